The molecule has 1 heterocycles. The minimum Gasteiger partial charge on any atom is -0.497 e. The Morgan fingerprint density at radius 3 is 2.43 bits per heavy atom. The molecule has 7 nitrogen and oxygen atoms in total. The molecule has 0 spiro atoms. The van der Waals surface area contributed by atoms with Crippen LogP contribution in [0.25, 0.3) is 0 Å². The van der Waals surface area contributed by atoms with E-state index in [1.807, 2.05) is 0 Å². The first-order chi connectivity index (χ1) is 9.86. The lowest BCUT2D eigenvalue weighted by atomic mass is 9.98. The molecule has 0 bridgehead atoms. The summed E-state index contributed by atoms with van der Waals surface area (Å²) < 4.78 is 31.5. The minimum atomic E-state index is -3.67. The summed E-state index contributed by atoms with van der Waals surface area (Å²) in [6, 6.07) is 4.46. The van der Waals surface area contributed by atoms with E-state index < -0.39 is 10.0 Å². The van der Waals surface area contributed by atoms with Crippen LogP contribution < -0.4 is 16.2 Å². The van der Waals surface area contributed by atoms with Crippen molar-refractivity contribution in [1.82, 2.24) is 4.31 Å². The molecule has 2 rings (SSSR count). The van der Waals surface area contributed by atoms with Crippen LogP contribution >= 0.6 is 0 Å². The minimum absolute atomic E-state index is 0.0563. The second-order valence-corrected chi connectivity index (χ2v) is 6.89. The fraction of sp³-hybridized carbons (Fsp3) is 0.462. The van der Waals surface area contributed by atoms with Gasteiger partial charge in [0.1, 0.15) is 10.6 Å². The maximum atomic E-state index is 12.6. The smallest absolute Gasteiger partial charge is 0.245 e. The summed E-state index contributed by atoms with van der Waals surface area (Å²) in [6.07, 6.45) is 0.870. The van der Waals surface area contributed by atoms with Crippen molar-refractivity contribution in [2.75, 3.05) is 25.9 Å². The zero-order chi connectivity index (χ0) is 15.6. The fourth-order valence-corrected chi connectivity index (χ4v) is 3.97. The average molecular weight is 313 g/mol. The summed E-state index contributed by atoms with van der Waals surface area (Å²) >= 11 is 0. The lowest BCUT2D eigenvalue weighted by Crippen LogP contribution is -2.41. The number of nitrogens with two attached hydrogens (primary N) is 2. The van der Waals surface area contributed by atoms with E-state index >= 15 is 0 Å². The van der Waals surface area contributed by atoms with E-state index in [0.717, 1.165) is 0 Å². The molecule has 1 amide bonds. The summed E-state index contributed by atoms with van der Waals surface area (Å²) in [5.74, 6) is -0.139. The number of amides is 1. The molecule has 1 aliphatic heterocycles. The quantitative estimate of drug-likeness (QED) is 0.768. The van der Waals surface area contributed by atoms with E-state index in [0.29, 0.717) is 18.6 Å². The predicted octanol–water partition coefficient (Wildman–Crippen LogP) is 0.163. The predicted molar refractivity (Wildman–Crippen MR) is 78.1 cm³/mol. The normalized spacial score (nSPS) is 17.6. The number of benzene rings is 1. The van der Waals surface area contributed by atoms with Crippen LogP contribution in [0.1, 0.15) is 12.8 Å². The highest BCUT2D eigenvalue weighted by Gasteiger charge is 2.32. The van der Waals surface area contributed by atoms with E-state index in [1.54, 1.807) is 6.07 Å². The van der Waals surface area contributed by atoms with Crippen LogP contribution in [0.5, 0.6) is 5.75 Å². The number of nitrogens with zero attached hydrogens (tertiary/aromatic N) is 1. The van der Waals surface area contributed by atoms with E-state index in [4.69, 9.17) is 16.2 Å². The topological polar surface area (TPSA) is 116 Å². The molecule has 8 heteroatoms. The van der Waals surface area contributed by atoms with Crippen LogP contribution in [0.15, 0.2) is 23.1 Å². The maximum Gasteiger partial charge on any atom is 0.245 e. The van der Waals surface area contributed by atoms with Crippen molar-refractivity contribution in [2.45, 2.75) is 17.7 Å². The van der Waals surface area contributed by atoms with Crippen molar-refractivity contribution in [3.05, 3.63) is 18.2 Å². The van der Waals surface area contributed by atoms with Gasteiger partial charge in [-0.25, -0.2) is 8.42 Å². The Kier molecular flexibility index (Phi) is 4.38. The van der Waals surface area contributed by atoms with Crippen LogP contribution in [0, 0.1) is 5.92 Å². The Labute approximate surface area is 123 Å². The van der Waals surface area contributed by atoms with Gasteiger partial charge in [-0.05, 0) is 25.0 Å². The molecule has 0 aromatic heterocycles. The number of nitrogen functional groups attached to an aromatic ring is 1. The van der Waals surface area contributed by atoms with Gasteiger partial charge < -0.3 is 16.2 Å². The van der Waals surface area contributed by atoms with Gasteiger partial charge in [-0.15, -0.1) is 0 Å². The van der Waals surface area contributed by atoms with Crippen molar-refractivity contribution in [3.8, 4) is 5.75 Å². The van der Waals surface area contributed by atoms with E-state index in [9.17, 15) is 13.2 Å². The molecule has 0 unspecified atom stereocenters. The molecule has 4 N–H and O–H groups in total. The van der Waals surface area contributed by atoms with Gasteiger partial charge in [-0.3, -0.25) is 4.79 Å². The Morgan fingerprint density at radius 2 is 1.95 bits per heavy atom. The van der Waals surface area contributed by atoms with Crippen LogP contribution in [-0.4, -0.2) is 38.8 Å². The Morgan fingerprint density at radius 1 is 1.33 bits per heavy atom. The highest BCUT2D eigenvalue weighted by Crippen LogP contribution is 2.29. The largest absolute Gasteiger partial charge is 0.497 e. The van der Waals surface area contributed by atoms with Gasteiger partial charge in [0.2, 0.25) is 15.9 Å². The number of anilines is 1. The first-order valence-electron chi connectivity index (χ1n) is 6.59. The number of primary amides is 1. The molecule has 0 saturated carbocycles. The first kappa shape index (κ1) is 15.6. The molecule has 0 radical (unpaired) electrons. The molecule has 1 saturated heterocycles. The van der Waals surface area contributed by atoms with Crippen LogP contribution in [0.4, 0.5) is 5.69 Å². The van der Waals surface area contributed by atoms with Crippen molar-refractivity contribution >= 4 is 21.6 Å². The van der Waals surface area contributed by atoms with Crippen molar-refractivity contribution in [2.24, 2.45) is 11.7 Å². The Balaban J connectivity index is 2.21. The molecule has 1 aromatic carbocycles. The molecule has 116 valence electrons. The van der Waals surface area contributed by atoms with E-state index in [1.165, 1.54) is 23.5 Å². The summed E-state index contributed by atoms with van der Waals surface area (Å²) in [7, 11) is -2.18. The molecule has 21 heavy (non-hydrogen) atoms. The number of hydrogen-bond donors (Lipinski definition) is 2. The van der Waals surface area contributed by atoms with Crippen LogP contribution in [-0.2, 0) is 14.8 Å². The van der Waals surface area contributed by atoms with Gasteiger partial charge in [-0.2, -0.15) is 4.31 Å². The number of rotatable bonds is 4. The first-order valence-corrected chi connectivity index (χ1v) is 8.03. The average Bonchev–Trinajstić information content (AvgIpc) is 2.46. The number of sulfonamides is 1. The highest BCUT2D eigenvalue weighted by atomic mass is 32.2. The molecule has 0 atom stereocenters. The number of carbonyl (C=O) groups excluding carboxylic acids is 1. The van der Waals surface area contributed by atoms with E-state index in [-0.39, 0.29) is 35.5 Å². The van der Waals surface area contributed by atoms with Gasteiger partial charge in [0, 0.05) is 25.1 Å². The van der Waals surface area contributed by atoms with Gasteiger partial charge >= 0.3 is 0 Å². The van der Waals surface area contributed by atoms with Gasteiger partial charge in [-0.1, -0.05) is 0 Å². The number of carbonyl (C=O) groups is 1. The van der Waals surface area contributed by atoms with Gasteiger partial charge in [0.15, 0.2) is 0 Å². The highest BCUT2D eigenvalue weighted by molar-refractivity contribution is 7.89. The van der Waals surface area contributed by atoms with Gasteiger partial charge in [0.05, 0.1) is 12.8 Å². The molecule has 1 aromatic rings. The van der Waals surface area contributed by atoms with Gasteiger partial charge in [0.25, 0.3) is 0 Å². The SMILES string of the molecule is COc1ccc(S(=O)(=O)N2CCC(C(N)=O)CC2)c(N)c1. The summed E-state index contributed by atoms with van der Waals surface area (Å²) in [5, 5.41) is 0. The molecule has 1 fully saturated rings. The summed E-state index contributed by atoms with van der Waals surface area (Å²) in [6.45, 7) is 0.531. The second kappa shape index (κ2) is 5.90. The van der Waals surface area contributed by atoms with Crippen LogP contribution in [0.3, 0.4) is 0 Å². The number of piperidine rings is 1. The van der Waals surface area contributed by atoms with Crippen molar-refractivity contribution in [3.63, 3.8) is 0 Å². The number of hydrogen-bond acceptors (Lipinski definition) is 5. The zero-order valence-corrected chi connectivity index (χ0v) is 12.6. The van der Waals surface area contributed by atoms with Crippen LogP contribution in [0.2, 0.25) is 0 Å². The van der Waals surface area contributed by atoms with Crippen molar-refractivity contribution in [1.29, 1.82) is 0 Å². The maximum absolute atomic E-state index is 12.6. The van der Waals surface area contributed by atoms with Crippen molar-refractivity contribution < 1.29 is 17.9 Å². The third-order valence-electron chi connectivity index (χ3n) is 3.69. The lowest BCUT2D eigenvalue weighted by Gasteiger charge is -2.30. The molecular formula is C13H19N3O4S. The third-order valence-corrected chi connectivity index (χ3v) is 5.66. The Bertz CT molecular complexity index is 637. The summed E-state index contributed by atoms with van der Waals surface area (Å²) in [5.41, 5.74) is 11.2. The standard InChI is InChI=1S/C13H19N3O4S/c1-20-10-2-3-12(11(14)8-10)21(18,19)16-6-4-9(5-7-16)13(15)17/h2-3,8-9H,4-7,14H2,1H3,(H2,15,17). The number of ether oxygens (including phenoxy) is 1. The third kappa shape index (κ3) is 3.11. The lowest BCUT2D eigenvalue weighted by molar-refractivity contribution is -0.122. The molecule has 0 aliphatic carbocycles. The fourth-order valence-electron chi connectivity index (χ4n) is 2.41. The second-order valence-electron chi connectivity index (χ2n) is 4.98. The Hall–Kier alpha value is -1.80. The molecular weight excluding hydrogens is 294 g/mol. The van der Waals surface area contributed by atoms with E-state index in [2.05, 4.69) is 0 Å². The monoisotopic (exact) mass is 313 g/mol. The molecule has 1 aliphatic rings. The summed E-state index contributed by atoms with van der Waals surface area (Å²) in [4.78, 5) is 11.2. The number of methoxy groups -OCH3 is 1. The zero-order valence-electron chi connectivity index (χ0n) is 11.8.